The number of aromatic hydroxyl groups is 1. The third-order valence-corrected chi connectivity index (χ3v) is 3.17. The third kappa shape index (κ3) is 2.64. The van der Waals surface area contributed by atoms with E-state index < -0.39 is 17.7 Å². The van der Waals surface area contributed by atoms with Crippen molar-refractivity contribution in [3.8, 4) is 16.9 Å². The van der Waals surface area contributed by atoms with Gasteiger partial charge in [-0.25, -0.2) is 0 Å². The second kappa shape index (κ2) is 5.19. The average molecular weight is 280 g/mol. The first-order valence-electron chi connectivity index (χ1n) is 6.31. The Hall–Kier alpha value is -1.97. The van der Waals surface area contributed by atoms with Crippen molar-refractivity contribution >= 4 is 0 Å². The van der Waals surface area contributed by atoms with E-state index in [1.807, 2.05) is 0 Å². The van der Waals surface area contributed by atoms with E-state index in [1.165, 1.54) is 12.1 Å². The van der Waals surface area contributed by atoms with Crippen LogP contribution in [-0.4, -0.2) is 5.11 Å². The molecule has 0 unspecified atom stereocenters. The standard InChI is InChI=1S/C16H15F3O/c1-10(2)14-13(20)9-8-12(15(14)16(17,18)19)11-6-4-3-5-7-11/h3-10,20H,1-2H3. The van der Waals surface area contributed by atoms with Crippen molar-refractivity contribution in [3.05, 3.63) is 53.6 Å². The third-order valence-electron chi connectivity index (χ3n) is 3.17. The summed E-state index contributed by atoms with van der Waals surface area (Å²) in [5.41, 5.74) is -0.223. The normalized spacial score (nSPS) is 11.9. The lowest BCUT2D eigenvalue weighted by atomic mass is 9.89. The van der Waals surface area contributed by atoms with Gasteiger partial charge in [0, 0.05) is 5.56 Å². The van der Waals surface area contributed by atoms with E-state index in [4.69, 9.17) is 0 Å². The number of benzene rings is 2. The van der Waals surface area contributed by atoms with Crippen LogP contribution >= 0.6 is 0 Å². The number of hydrogen-bond acceptors (Lipinski definition) is 1. The summed E-state index contributed by atoms with van der Waals surface area (Å²) in [6.45, 7) is 3.28. The molecule has 0 aliphatic carbocycles. The van der Waals surface area contributed by atoms with Gasteiger partial charge < -0.3 is 5.11 Å². The number of phenols is 1. The lowest BCUT2D eigenvalue weighted by Crippen LogP contribution is -2.12. The van der Waals surface area contributed by atoms with Crippen molar-refractivity contribution in [2.24, 2.45) is 0 Å². The van der Waals surface area contributed by atoms with Crippen LogP contribution in [0.2, 0.25) is 0 Å². The Morgan fingerprint density at radius 3 is 2.05 bits per heavy atom. The van der Waals surface area contributed by atoms with Crippen molar-refractivity contribution in [1.29, 1.82) is 0 Å². The Morgan fingerprint density at radius 1 is 0.950 bits per heavy atom. The SMILES string of the molecule is CC(C)c1c(O)ccc(-c2ccccc2)c1C(F)(F)F. The summed E-state index contributed by atoms with van der Waals surface area (Å²) in [5, 5.41) is 9.80. The fourth-order valence-corrected chi connectivity index (χ4v) is 2.36. The van der Waals surface area contributed by atoms with E-state index in [2.05, 4.69) is 0 Å². The number of hydrogen-bond donors (Lipinski definition) is 1. The molecule has 106 valence electrons. The maximum atomic E-state index is 13.4. The smallest absolute Gasteiger partial charge is 0.417 e. The van der Waals surface area contributed by atoms with E-state index in [0.29, 0.717) is 5.56 Å². The van der Waals surface area contributed by atoms with Crippen LogP contribution < -0.4 is 0 Å². The minimum atomic E-state index is -4.51. The number of rotatable bonds is 2. The molecule has 4 heteroatoms. The second-order valence-corrected chi connectivity index (χ2v) is 4.94. The number of halogens is 3. The van der Waals surface area contributed by atoms with Crippen molar-refractivity contribution in [2.45, 2.75) is 25.9 Å². The predicted octanol–water partition coefficient (Wildman–Crippen LogP) is 5.20. The van der Waals surface area contributed by atoms with Gasteiger partial charge in [-0.1, -0.05) is 50.2 Å². The van der Waals surface area contributed by atoms with Crippen LogP contribution in [0.15, 0.2) is 42.5 Å². The van der Waals surface area contributed by atoms with Crippen LogP contribution in [0.25, 0.3) is 11.1 Å². The minimum Gasteiger partial charge on any atom is -0.508 e. The molecule has 0 atom stereocenters. The first-order chi connectivity index (χ1) is 9.32. The van der Waals surface area contributed by atoms with Gasteiger partial charge in [0.2, 0.25) is 0 Å². The summed E-state index contributed by atoms with van der Waals surface area (Å²) in [5.74, 6) is -0.734. The summed E-state index contributed by atoms with van der Waals surface area (Å²) in [4.78, 5) is 0. The molecule has 0 heterocycles. The largest absolute Gasteiger partial charge is 0.508 e. The Balaban J connectivity index is 2.80. The Labute approximate surface area is 115 Å². The summed E-state index contributed by atoms with van der Waals surface area (Å²) in [7, 11) is 0. The molecule has 0 aliphatic rings. The molecule has 0 saturated carbocycles. The van der Waals surface area contributed by atoms with Gasteiger partial charge in [0.1, 0.15) is 5.75 Å². The fourth-order valence-electron chi connectivity index (χ4n) is 2.36. The van der Waals surface area contributed by atoms with Gasteiger partial charge in [-0.3, -0.25) is 0 Å². The molecule has 0 radical (unpaired) electrons. The zero-order valence-electron chi connectivity index (χ0n) is 11.2. The highest BCUT2D eigenvalue weighted by atomic mass is 19.4. The Morgan fingerprint density at radius 2 is 1.55 bits per heavy atom. The van der Waals surface area contributed by atoms with Gasteiger partial charge in [-0.15, -0.1) is 0 Å². The maximum Gasteiger partial charge on any atom is 0.417 e. The van der Waals surface area contributed by atoms with Gasteiger partial charge >= 0.3 is 6.18 Å². The van der Waals surface area contributed by atoms with Crippen molar-refractivity contribution in [3.63, 3.8) is 0 Å². The van der Waals surface area contributed by atoms with E-state index in [9.17, 15) is 18.3 Å². The summed E-state index contributed by atoms with van der Waals surface area (Å²) in [6.07, 6.45) is -4.51. The molecule has 0 saturated heterocycles. The molecular weight excluding hydrogens is 265 g/mol. The molecule has 0 aromatic heterocycles. The van der Waals surface area contributed by atoms with E-state index in [1.54, 1.807) is 44.2 Å². The topological polar surface area (TPSA) is 20.2 Å². The van der Waals surface area contributed by atoms with Gasteiger partial charge in [0.15, 0.2) is 0 Å². The Bertz CT molecular complexity index is 601. The summed E-state index contributed by atoms with van der Waals surface area (Å²) >= 11 is 0. The van der Waals surface area contributed by atoms with Gasteiger partial charge in [-0.05, 0) is 23.1 Å². The maximum absolute atomic E-state index is 13.4. The Kier molecular flexibility index (Phi) is 3.75. The quantitative estimate of drug-likeness (QED) is 0.801. The molecule has 20 heavy (non-hydrogen) atoms. The van der Waals surface area contributed by atoms with E-state index in [0.717, 1.165) is 0 Å². The first kappa shape index (κ1) is 14.4. The zero-order valence-corrected chi connectivity index (χ0v) is 11.2. The van der Waals surface area contributed by atoms with Gasteiger partial charge in [0.05, 0.1) is 5.56 Å². The number of alkyl halides is 3. The summed E-state index contributed by atoms with van der Waals surface area (Å²) in [6, 6.07) is 11.0. The highest BCUT2D eigenvalue weighted by Crippen LogP contribution is 2.44. The number of phenolic OH excluding ortho intramolecular Hbond substituents is 1. The van der Waals surface area contributed by atoms with E-state index in [-0.39, 0.29) is 16.9 Å². The second-order valence-electron chi connectivity index (χ2n) is 4.94. The molecule has 2 aromatic carbocycles. The molecule has 0 fully saturated rings. The fraction of sp³-hybridized carbons (Fsp3) is 0.250. The molecule has 2 rings (SSSR count). The highest BCUT2D eigenvalue weighted by Gasteiger charge is 2.38. The molecule has 0 amide bonds. The molecule has 2 aromatic rings. The van der Waals surface area contributed by atoms with Gasteiger partial charge in [0.25, 0.3) is 0 Å². The van der Waals surface area contributed by atoms with Crippen LogP contribution in [0.4, 0.5) is 13.2 Å². The first-order valence-corrected chi connectivity index (χ1v) is 6.31. The van der Waals surface area contributed by atoms with Crippen molar-refractivity contribution < 1.29 is 18.3 Å². The average Bonchev–Trinajstić information content (AvgIpc) is 2.37. The molecule has 0 spiro atoms. The molecular formula is C16H15F3O. The zero-order chi connectivity index (χ0) is 14.9. The highest BCUT2D eigenvalue weighted by molar-refractivity contribution is 5.71. The van der Waals surface area contributed by atoms with Crippen molar-refractivity contribution in [2.75, 3.05) is 0 Å². The molecule has 1 N–H and O–H groups in total. The minimum absolute atomic E-state index is 0.0566. The monoisotopic (exact) mass is 280 g/mol. The molecule has 1 nitrogen and oxygen atoms in total. The van der Waals surface area contributed by atoms with Gasteiger partial charge in [-0.2, -0.15) is 13.2 Å². The van der Waals surface area contributed by atoms with Crippen LogP contribution in [0.3, 0.4) is 0 Å². The predicted molar refractivity (Wildman–Crippen MR) is 72.6 cm³/mol. The molecule has 0 bridgehead atoms. The van der Waals surface area contributed by atoms with Crippen LogP contribution in [0.1, 0.15) is 30.9 Å². The van der Waals surface area contributed by atoms with Crippen LogP contribution in [-0.2, 0) is 6.18 Å². The lowest BCUT2D eigenvalue weighted by Gasteiger charge is -2.21. The van der Waals surface area contributed by atoms with Crippen LogP contribution in [0, 0.1) is 0 Å². The summed E-state index contributed by atoms with van der Waals surface area (Å²) < 4.78 is 40.3. The van der Waals surface area contributed by atoms with Crippen LogP contribution in [0.5, 0.6) is 5.75 Å². The van der Waals surface area contributed by atoms with Crippen molar-refractivity contribution in [1.82, 2.24) is 0 Å². The van der Waals surface area contributed by atoms with E-state index >= 15 is 0 Å². The lowest BCUT2D eigenvalue weighted by molar-refractivity contribution is -0.138. The molecule has 0 aliphatic heterocycles.